The van der Waals surface area contributed by atoms with Crippen molar-refractivity contribution in [3.63, 3.8) is 0 Å². The topological polar surface area (TPSA) is 40.5 Å². The Hall–Kier alpha value is -1.02. The molecule has 0 heterocycles. The van der Waals surface area contributed by atoms with Gasteiger partial charge in [0.05, 0.1) is 6.61 Å². The molecule has 0 amide bonds. The Morgan fingerprint density at radius 1 is 0.886 bits per heavy atom. The van der Waals surface area contributed by atoms with Gasteiger partial charge >= 0.3 is 18.9 Å². The molecule has 0 radical (unpaired) electrons. The Morgan fingerprint density at radius 3 is 1.60 bits per heavy atom. The van der Waals surface area contributed by atoms with Crippen molar-refractivity contribution < 1.29 is 37.9 Å². The van der Waals surface area contributed by atoms with Crippen LogP contribution in [-0.4, -0.2) is 22.9 Å². The van der Waals surface area contributed by atoms with Crippen molar-refractivity contribution in [2.45, 2.75) is 107 Å². The van der Waals surface area contributed by atoms with Gasteiger partial charge in [-0.3, -0.25) is 0 Å². The third kappa shape index (κ3) is 37.7. The van der Waals surface area contributed by atoms with Crippen LogP contribution in [0.25, 0.3) is 0 Å². The van der Waals surface area contributed by atoms with E-state index in [1.807, 2.05) is 48.5 Å². The van der Waals surface area contributed by atoms with E-state index in [2.05, 4.69) is 38.5 Å². The number of unbranched alkanes of at least 4 members (excludes halogenated alkanes) is 3. The van der Waals surface area contributed by atoms with Crippen LogP contribution in [-0.2, 0) is 0 Å². The van der Waals surface area contributed by atoms with E-state index >= 15 is 0 Å². The van der Waals surface area contributed by atoms with E-state index in [0.717, 1.165) is 25.7 Å². The number of hydrogen-bond acceptors (Lipinski definition) is 2. The van der Waals surface area contributed by atoms with Gasteiger partial charge in [-0.05, 0) is 48.7 Å². The van der Waals surface area contributed by atoms with E-state index in [0.29, 0.717) is 18.3 Å². The summed E-state index contributed by atoms with van der Waals surface area (Å²) < 4.78 is 25.7. The molecule has 0 spiro atoms. The second-order valence-electron chi connectivity index (χ2n) is 8.81. The molecule has 0 fully saturated rings. The maximum Gasteiger partial charge on any atom is 1.00 e. The van der Waals surface area contributed by atoms with Crippen LogP contribution in [0.4, 0.5) is 8.78 Å². The molecule has 0 aliphatic heterocycles. The van der Waals surface area contributed by atoms with E-state index < -0.39 is 24.4 Å². The van der Waals surface area contributed by atoms with Gasteiger partial charge in [-0.1, -0.05) is 74.7 Å². The predicted molar refractivity (Wildman–Crippen MR) is 146 cm³/mol. The Labute approximate surface area is 229 Å². The fourth-order valence-corrected chi connectivity index (χ4v) is 1.57. The fourth-order valence-electron chi connectivity index (χ4n) is 1.57. The molecule has 0 aliphatic rings. The van der Waals surface area contributed by atoms with Gasteiger partial charge in [-0.25, -0.2) is 8.78 Å². The molecule has 0 rings (SSSR count). The maximum atomic E-state index is 13.3. The van der Waals surface area contributed by atoms with Crippen molar-refractivity contribution in [1.29, 1.82) is 0 Å². The number of terminal acetylenes is 1. The maximum absolute atomic E-state index is 13.3. The fraction of sp³-hybridized carbons (Fsp3) is 0.700. The molecule has 2 N–H and O–H groups in total. The SMILES string of the molecule is C#CCCC.CC(C)[C@H](C)/C=C(/F)CO.CCCC#CC(O)/C(F)=C\[C@@H](C)C(C)C.[CH2-]CCC.[Li+]. The summed E-state index contributed by atoms with van der Waals surface area (Å²) in [4.78, 5) is 0. The molecule has 3 atom stereocenters. The standard InChI is InChI=1S/C13H21FO.C8H15FO.C5H8.C4H9.Li/c1-5-6-7-8-13(15)12(14)9-11(4)10(2)3;1-6(2)7(3)4-8(9)5-10;1-3-5-4-2;1-3-4-2;/h9-11,13,15H,5-6H2,1-4H3;4,6-7,10H,5H2,1-3H3;1H,4-5H2,2H3;1,3-4H2,2H3;/q;;;-1;+1/b12-9+;8-4+;;;/t11-,13?;7-;;;/m11.../s1. The van der Waals surface area contributed by atoms with Crippen molar-refractivity contribution >= 4 is 0 Å². The summed E-state index contributed by atoms with van der Waals surface area (Å²) in [5.41, 5.74) is 0. The van der Waals surface area contributed by atoms with Crippen molar-refractivity contribution in [2.75, 3.05) is 6.61 Å². The van der Waals surface area contributed by atoms with E-state index in [9.17, 15) is 13.9 Å². The van der Waals surface area contributed by atoms with Crippen LogP contribution in [0.5, 0.6) is 0 Å². The molecular weight excluding hydrogens is 437 g/mol. The first-order valence-corrected chi connectivity index (χ1v) is 12.6. The Kier molecular flexibility index (Phi) is 41.5. The van der Waals surface area contributed by atoms with Gasteiger partial charge in [0.25, 0.3) is 0 Å². The number of aliphatic hydroxyl groups excluding tert-OH is 2. The zero-order valence-electron chi connectivity index (χ0n) is 24.4. The molecule has 35 heavy (non-hydrogen) atoms. The third-order valence-corrected chi connectivity index (χ3v) is 4.74. The molecule has 0 aromatic heterocycles. The minimum Gasteiger partial charge on any atom is -0.389 e. The second kappa shape index (κ2) is 33.0. The zero-order valence-corrected chi connectivity index (χ0v) is 24.4. The first-order chi connectivity index (χ1) is 15.9. The Balaban J connectivity index is -0.000000129. The summed E-state index contributed by atoms with van der Waals surface area (Å²) in [7, 11) is 0. The number of allylic oxidation sites excluding steroid dienone is 2. The first-order valence-electron chi connectivity index (χ1n) is 12.6. The van der Waals surface area contributed by atoms with Crippen molar-refractivity contribution in [2.24, 2.45) is 23.7 Å². The van der Waals surface area contributed by atoms with Crippen LogP contribution < -0.4 is 18.9 Å². The third-order valence-electron chi connectivity index (χ3n) is 4.74. The summed E-state index contributed by atoms with van der Waals surface area (Å²) in [5.74, 6) is 7.90. The van der Waals surface area contributed by atoms with Gasteiger partial charge in [0, 0.05) is 12.8 Å². The van der Waals surface area contributed by atoms with Crippen LogP contribution in [0.1, 0.15) is 101 Å². The van der Waals surface area contributed by atoms with E-state index in [1.54, 1.807) is 0 Å². The molecule has 0 aliphatic carbocycles. The average Bonchev–Trinajstić information content (AvgIpc) is 2.80. The van der Waals surface area contributed by atoms with Crippen LogP contribution in [0.15, 0.2) is 23.8 Å². The molecule has 200 valence electrons. The molecule has 0 aromatic rings. The molecule has 0 saturated carbocycles. The predicted octanol–water partition coefficient (Wildman–Crippen LogP) is 5.46. The van der Waals surface area contributed by atoms with Gasteiger partial charge in [0.1, 0.15) is 11.7 Å². The molecule has 0 bridgehead atoms. The molecule has 0 aromatic carbocycles. The van der Waals surface area contributed by atoms with Crippen LogP contribution in [0, 0.1) is 54.8 Å². The number of halogens is 2. The van der Waals surface area contributed by atoms with Gasteiger partial charge < -0.3 is 17.1 Å². The Bertz CT molecular complexity index is 594. The molecular formula is C30H53F2LiO2. The molecule has 1 unspecified atom stereocenters. The molecule has 2 nitrogen and oxygen atoms in total. The summed E-state index contributed by atoms with van der Waals surface area (Å²) in [5, 5.41) is 17.7. The number of aliphatic hydroxyl groups is 2. The largest absolute Gasteiger partial charge is 1.00 e. The van der Waals surface area contributed by atoms with E-state index in [-0.39, 0.29) is 30.7 Å². The van der Waals surface area contributed by atoms with Crippen LogP contribution >= 0.6 is 0 Å². The van der Waals surface area contributed by atoms with Crippen molar-refractivity contribution in [1.82, 2.24) is 0 Å². The Morgan fingerprint density at radius 2 is 1.31 bits per heavy atom. The normalized spacial score (nSPS) is 13.1. The van der Waals surface area contributed by atoms with E-state index in [4.69, 9.17) is 11.5 Å². The minimum absolute atomic E-state index is 0. The first kappa shape index (κ1) is 44.0. The van der Waals surface area contributed by atoms with Gasteiger partial charge in [-0.2, -0.15) is 6.42 Å². The average molecular weight is 491 g/mol. The second-order valence-corrected chi connectivity index (χ2v) is 8.81. The molecule has 5 heteroatoms. The summed E-state index contributed by atoms with van der Waals surface area (Å²) >= 11 is 0. The summed E-state index contributed by atoms with van der Waals surface area (Å²) in [6, 6.07) is 0. The quantitative estimate of drug-likeness (QED) is 0.256. The monoisotopic (exact) mass is 490 g/mol. The van der Waals surface area contributed by atoms with Crippen LogP contribution in [0.2, 0.25) is 0 Å². The summed E-state index contributed by atoms with van der Waals surface area (Å²) in [6.45, 7) is 21.2. The molecule has 0 saturated heterocycles. The minimum atomic E-state index is -1.25. The number of hydrogen-bond donors (Lipinski definition) is 2. The number of rotatable bonds is 9. The van der Waals surface area contributed by atoms with Gasteiger partial charge in [0.15, 0.2) is 6.10 Å². The van der Waals surface area contributed by atoms with Crippen molar-refractivity contribution in [3.8, 4) is 24.2 Å². The van der Waals surface area contributed by atoms with Crippen LogP contribution in [0.3, 0.4) is 0 Å². The van der Waals surface area contributed by atoms with Gasteiger partial charge in [-0.15, -0.1) is 18.3 Å². The zero-order chi connectivity index (χ0) is 27.5. The van der Waals surface area contributed by atoms with Gasteiger partial charge in [0.2, 0.25) is 0 Å². The van der Waals surface area contributed by atoms with Crippen molar-refractivity contribution in [3.05, 3.63) is 30.7 Å². The van der Waals surface area contributed by atoms with E-state index in [1.165, 1.54) is 18.6 Å². The smallest absolute Gasteiger partial charge is 0.389 e. The summed E-state index contributed by atoms with van der Waals surface area (Å²) in [6.07, 6.45) is 12.5.